The van der Waals surface area contributed by atoms with Crippen molar-refractivity contribution in [2.75, 3.05) is 19.9 Å². The molecule has 1 aliphatic rings. The molecule has 58 heavy (non-hydrogen) atoms. The molecule has 0 aliphatic carbocycles. The molecule has 2 N–H and O–H groups in total. The van der Waals surface area contributed by atoms with Crippen LogP contribution < -0.4 is 11.2 Å². The number of benzene rings is 3. The first-order chi connectivity index (χ1) is 27.5. The van der Waals surface area contributed by atoms with Crippen LogP contribution in [0, 0.1) is 11.3 Å². The Kier molecular flexibility index (Phi) is 14.2. The zero-order valence-electron chi connectivity index (χ0n) is 35.4. The highest BCUT2D eigenvalue weighted by molar-refractivity contribution is 7.63. The molecule has 1 aromatic heterocycles. The summed E-state index contributed by atoms with van der Waals surface area (Å²) in [6.45, 7) is 17.8. The van der Waals surface area contributed by atoms with E-state index in [4.69, 9.17) is 23.8 Å². The zero-order chi connectivity index (χ0) is 42.5. The van der Waals surface area contributed by atoms with Gasteiger partial charge in [0.1, 0.15) is 27.7 Å². The molecule has 1 fully saturated rings. The summed E-state index contributed by atoms with van der Waals surface area (Å²) in [4.78, 5) is 54.5. The number of H-pyrrole nitrogens is 1. The number of nitrogens with one attached hydrogen (secondary N) is 1. The highest BCUT2D eigenvalue weighted by Gasteiger charge is 2.81. The molecule has 1 aliphatic heterocycles. The average Bonchev–Trinajstić information content (AvgIpc) is 3.42. The first-order valence-electron chi connectivity index (χ1n) is 19.9. The van der Waals surface area contributed by atoms with Gasteiger partial charge in [0, 0.05) is 24.3 Å². The second-order valence-corrected chi connectivity index (χ2v) is 22.2. The molecule has 2 heterocycles. The quantitative estimate of drug-likeness (QED) is 0.0377. The van der Waals surface area contributed by atoms with Crippen LogP contribution in [-0.4, -0.2) is 83.3 Å². The van der Waals surface area contributed by atoms with Crippen LogP contribution in [0.1, 0.15) is 71.6 Å². The molecule has 4 aromatic rings. The minimum absolute atomic E-state index is 0.00477. The number of nitrogens with zero attached hydrogens (tertiary/aromatic N) is 3. The number of rotatable bonds is 17. The maximum Gasteiger partial charge on any atom is 0.347 e. The summed E-state index contributed by atoms with van der Waals surface area (Å²) in [6, 6.07) is 33.0. The molecule has 0 spiro atoms. The van der Waals surface area contributed by atoms with E-state index in [-0.39, 0.29) is 31.3 Å². The van der Waals surface area contributed by atoms with E-state index in [0.29, 0.717) is 0 Å². The molecule has 0 radical (unpaired) electrons. The zero-order valence-corrected chi connectivity index (χ0v) is 37.5. The fourth-order valence-electron chi connectivity index (χ4n) is 9.30. The van der Waals surface area contributed by atoms with E-state index in [0.717, 1.165) is 16.7 Å². The number of aromatic nitrogens is 2. The fourth-order valence-corrected chi connectivity index (χ4v) is 14.7. The van der Waals surface area contributed by atoms with Crippen LogP contribution in [0.2, 0.25) is 13.1 Å². The van der Waals surface area contributed by atoms with Crippen LogP contribution in [-0.2, 0) is 34.5 Å². The number of aromatic amines is 1. The van der Waals surface area contributed by atoms with Crippen LogP contribution in [0.15, 0.2) is 113 Å². The smallest absolute Gasteiger partial charge is 0.347 e. The molecule has 1 saturated heterocycles. The van der Waals surface area contributed by atoms with Crippen LogP contribution in [0.3, 0.4) is 0 Å². The molecule has 14 heteroatoms. The van der Waals surface area contributed by atoms with E-state index >= 15 is 0 Å². The van der Waals surface area contributed by atoms with Crippen LogP contribution in [0.5, 0.6) is 0 Å². The van der Waals surface area contributed by atoms with Crippen molar-refractivity contribution >= 4 is 16.7 Å². The van der Waals surface area contributed by atoms with E-state index in [1.54, 1.807) is 0 Å². The summed E-state index contributed by atoms with van der Waals surface area (Å²) >= 11 is 0. The topological polar surface area (TPSA) is 148 Å². The van der Waals surface area contributed by atoms with Crippen LogP contribution in [0.25, 0.3) is 0 Å². The maximum absolute atomic E-state index is 14.7. The van der Waals surface area contributed by atoms with Gasteiger partial charge in [0.15, 0.2) is 17.1 Å². The third kappa shape index (κ3) is 8.07. The van der Waals surface area contributed by atoms with E-state index in [2.05, 4.69) is 24.1 Å². The predicted octanol–water partition coefficient (Wildman–Crippen LogP) is 6.95. The first-order valence-corrected chi connectivity index (χ1v) is 24.6. The highest BCUT2D eigenvalue weighted by Crippen LogP contribution is 2.70. The lowest BCUT2D eigenvalue weighted by Gasteiger charge is -2.60. The van der Waals surface area contributed by atoms with Gasteiger partial charge in [-0.05, 0) is 65.2 Å². The summed E-state index contributed by atoms with van der Waals surface area (Å²) in [6.07, 6.45) is -0.831. The largest absolute Gasteiger partial charge is 0.360 e. The van der Waals surface area contributed by atoms with E-state index in [1.165, 1.54) is 23.9 Å². The molecular formula is C44H60N4O8PSi+. The van der Waals surface area contributed by atoms with Crippen molar-refractivity contribution in [2.45, 2.75) is 114 Å². The summed E-state index contributed by atoms with van der Waals surface area (Å²) in [7, 11) is -4.99. The van der Waals surface area contributed by atoms with Crippen molar-refractivity contribution in [2.24, 2.45) is 0 Å². The highest BCUT2D eigenvalue weighted by atomic mass is 31.2. The summed E-state index contributed by atoms with van der Waals surface area (Å²) in [5, 5.41) is 8.31. The molecule has 12 nitrogen and oxygen atoms in total. The van der Waals surface area contributed by atoms with Crippen LogP contribution >= 0.6 is 7.87 Å². The molecule has 312 valence electrons. The van der Waals surface area contributed by atoms with Crippen molar-refractivity contribution in [3.8, 4) is 6.07 Å². The standard InChI is InChI=1S/C44H59N4O8PSi/c1-32(2)48(33(3)4)57(51,30-20-28-45)55-39-37(31-53-52-8)54-44(58(9)10,47-29-27-38(49)46-40(47)50)43(39,56-41(5,6)7)42(34-21-14-11-15-22-34,35-23-16-12-17-24-35)36-25-18-13-19-26-36/h11-19,21-27,29,32-33,37,39,51,58H,20,30-31H2,1-10H3/p+1/t37-,39-,43+,44+,57?/m1/s1. The fraction of sp³-hybridized carbons (Fsp3) is 0.477. The Labute approximate surface area is 344 Å². The average molecular weight is 832 g/mol. The molecule has 1 unspecified atom stereocenters. The first kappa shape index (κ1) is 45.3. The van der Waals surface area contributed by atoms with Gasteiger partial charge in [0.25, 0.3) is 5.56 Å². The SMILES string of the molecule is COOC[C@H]1O[C@](n2ccc(=O)[nH]c2=O)([SiH](C)C)[C@@](OC(C)(C)C)(C(c2ccccc2)(c2ccccc2)c2ccccc2)[C@@H]1O[P+](O)(CCC#N)N(C(C)C)C(C)C. The second kappa shape index (κ2) is 18.2. The monoisotopic (exact) mass is 831 g/mol. The van der Waals surface area contributed by atoms with Gasteiger partial charge in [0.05, 0.1) is 30.6 Å². The number of ether oxygens (including phenoxy) is 2. The Morgan fingerprint density at radius 1 is 0.914 bits per heavy atom. The van der Waals surface area contributed by atoms with Crippen LogP contribution in [0.4, 0.5) is 0 Å². The second-order valence-electron chi connectivity index (χ2n) is 16.6. The molecule has 0 bridgehead atoms. The minimum atomic E-state index is -3.79. The molecule has 5 atom stereocenters. The van der Waals surface area contributed by atoms with Gasteiger partial charge in [-0.1, -0.05) is 104 Å². The third-order valence-electron chi connectivity index (χ3n) is 10.8. The molecule has 3 aromatic carbocycles. The lowest BCUT2D eigenvalue weighted by Crippen LogP contribution is -2.77. The normalized spacial score (nSPS) is 22.4. The minimum Gasteiger partial charge on any atom is -0.360 e. The maximum atomic E-state index is 14.7. The Morgan fingerprint density at radius 3 is 1.81 bits per heavy atom. The Bertz CT molecular complexity index is 2000. The van der Waals surface area contributed by atoms with Gasteiger partial charge in [-0.3, -0.25) is 14.3 Å². The number of nitriles is 1. The lowest BCUT2D eigenvalue weighted by atomic mass is 9.56. The van der Waals surface area contributed by atoms with Crippen molar-refractivity contribution in [1.29, 1.82) is 5.26 Å². The van der Waals surface area contributed by atoms with Gasteiger partial charge in [0.2, 0.25) is 0 Å². The summed E-state index contributed by atoms with van der Waals surface area (Å²) < 4.78 is 26.6. The van der Waals surface area contributed by atoms with Gasteiger partial charge in [-0.2, -0.15) is 9.79 Å². The van der Waals surface area contributed by atoms with Crippen molar-refractivity contribution in [1.82, 2.24) is 14.2 Å². The van der Waals surface area contributed by atoms with Crippen molar-refractivity contribution in [3.63, 3.8) is 0 Å². The van der Waals surface area contributed by atoms with E-state index < -0.39 is 62.1 Å². The Hall–Kier alpha value is -3.80. The van der Waals surface area contributed by atoms with Gasteiger partial charge in [-0.15, -0.1) is 4.67 Å². The lowest BCUT2D eigenvalue weighted by molar-refractivity contribution is -0.291. The Balaban J connectivity index is 2.18. The van der Waals surface area contributed by atoms with Crippen molar-refractivity contribution in [3.05, 3.63) is 141 Å². The summed E-state index contributed by atoms with van der Waals surface area (Å²) in [5.41, 5.74) is -3.14. The third-order valence-corrected chi connectivity index (χ3v) is 16.2. The molecule has 5 rings (SSSR count). The van der Waals surface area contributed by atoms with E-state index in [1.807, 2.05) is 144 Å². The summed E-state index contributed by atoms with van der Waals surface area (Å²) in [5.74, 6) is 0. The molecule has 0 saturated carbocycles. The van der Waals surface area contributed by atoms with Gasteiger partial charge < -0.3 is 9.47 Å². The van der Waals surface area contributed by atoms with Gasteiger partial charge in [-0.25, -0.2) is 19.5 Å². The molecular weight excluding hydrogens is 772 g/mol. The van der Waals surface area contributed by atoms with Crippen molar-refractivity contribution < 1.29 is 28.7 Å². The predicted molar refractivity (Wildman–Crippen MR) is 230 cm³/mol. The van der Waals surface area contributed by atoms with E-state index in [9.17, 15) is 19.7 Å². The number of hydrogen-bond acceptors (Lipinski definition) is 10. The number of hydrogen-bond donors (Lipinski definition) is 2. The molecule has 0 amide bonds. The Morgan fingerprint density at radius 2 is 1.41 bits per heavy atom. The van der Waals surface area contributed by atoms with Gasteiger partial charge >= 0.3 is 13.6 Å².